The molecule has 3 aromatic carbocycles. The SMILES string of the molecule is Bc1c(B)c(B)c(Nc2ccccc2-c2c(B)c(B)c(B)c(B)c2B)c(B)c1B. The van der Waals surface area contributed by atoms with Crippen LogP contribution >= 0.6 is 0 Å². The lowest BCUT2D eigenvalue weighted by Crippen LogP contribution is -2.55. The summed E-state index contributed by atoms with van der Waals surface area (Å²) >= 11 is 0. The van der Waals surface area contributed by atoms with Crippen LogP contribution in [0.5, 0.6) is 0 Å². The van der Waals surface area contributed by atoms with Gasteiger partial charge in [-0.25, -0.2) is 0 Å². The van der Waals surface area contributed by atoms with Crippen LogP contribution in [0.15, 0.2) is 24.3 Å². The second-order valence-electron chi connectivity index (χ2n) is 8.67. The van der Waals surface area contributed by atoms with Crippen molar-refractivity contribution in [2.24, 2.45) is 0 Å². The van der Waals surface area contributed by atoms with Gasteiger partial charge in [0.1, 0.15) is 78.5 Å². The molecule has 0 radical (unpaired) electrons. The number of hydrogen-bond acceptors (Lipinski definition) is 1. The van der Waals surface area contributed by atoms with Gasteiger partial charge < -0.3 is 5.32 Å². The molecule has 0 aliphatic heterocycles. The third-order valence-corrected chi connectivity index (χ3v) is 7.46. The fourth-order valence-electron chi connectivity index (χ4n) is 4.54. The molecule has 1 N–H and O–H groups in total. The molecule has 0 fully saturated rings. The van der Waals surface area contributed by atoms with Crippen molar-refractivity contribution in [2.75, 3.05) is 5.32 Å². The Morgan fingerprint density at radius 2 is 0.828 bits per heavy atom. The third kappa shape index (κ3) is 3.58. The van der Waals surface area contributed by atoms with Gasteiger partial charge in [-0.2, -0.15) is 0 Å². The van der Waals surface area contributed by atoms with Crippen LogP contribution in [0, 0.1) is 0 Å². The zero-order valence-corrected chi connectivity index (χ0v) is 19.8. The Kier molecular flexibility index (Phi) is 6.08. The minimum absolute atomic E-state index is 1.18. The van der Waals surface area contributed by atoms with Crippen LogP contribution in [0.25, 0.3) is 11.1 Å². The normalized spacial score (nSPS) is 10.8. The quantitative estimate of drug-likeness (QED) is 0.456. The van der Waals surface area contributed by atoms with Crippen molar-refractivity contribution in [3.63, 3.8) is 0 Å². The van der Waals surface area contributed by atoms with Crippen molar-refractivity contribution in [3.8, 4) is 11.1 Å². The van der Waals surface area contributed by atoms with Crippen LogP contribution in [0.1, 0.15) is 0 Å². The zero-order valence-electron chi connectivity index (χ0n) is 19.8. The summed E-state index contributed by atoms with van der Waals surface area (Å²) in [7, 11) is 22.4. The first-order valence-electron chi connectivity index (χ1n) is 10.6. The molecule has 0 aliphatic carbocycles. The van der Waals surface area contributed by atoms with E-state index in [1.165, 1.54) is 77.1 Å². The monoisotopic (exact) mass is 365 g/mol. The lowest BCUT2D eigenvalue weighted by Gasteiger charge is -2.25. The predicted octanol–water partition coefficient (Wildman–Crippen LogP) is -12.3. The van der Waals surface area contributed by atoms with Crippen LogP contribution in [-0.2, 0) is 0 Å². The first kappa shape index (κ1) is 21.8. The Morgan fingerprint density at radius 1 is 0.448 bits per heavy atom. The van der Waals surface area contributed by atoms with Crippen molar-refractivity contribution in [2.45, 2.75) is 0 Å². The van der Waals surface area contributed by atoms with Gasteiger partial charge in [0.15, 0.2) is 0 Å². The summed E-state index contributed by atoms with van der Waals surface area (Å²) in [4.78, 5) is 0. The van der Waals surface area contributed by atoms with Crippen molar-refractivity contribution in [3.05, 3.63) is 24.3 Å². The molecule has 0 aliphatic rings. The second-order valence-corrected chi connectivity index (χ2v) is 8.67. The molecule has 11 heteroatoms. The molecule has 0 aromatic heterocycles. The van der Waals surface area contributed by atoms with Gasteiger partial charge in [-0.3, -0.25) is 0 Å². The lowest BCUT2D eigenvalue weighted by molar-refractivity contribution is 1.59. The van der Waals surface area contributed by atoms with E-state index in [0.29, 0.717) is 0 Å². The molecule has 0 spiro atoms. The van der Waals surface area contributed by atoms with Crippen LogP contribution in [-0.4, -0.2) is 78.5 Å². The van der Waals surface area contributed by atoms with Crippen molar-refractivity contribution in [1.29, 1.82) is 0 Å². The second kappa shape index (κ2) is 8.09. The molecule has 29 heavy (non-hydrogen) atoms. The van der Waals surface area contributed by atoms with Crippen molar-refractivity contribution in [1.82, 2.24) is 0 Å². The van der Waals surface area contributed by atoms with Gasteiger partial charge in [-0.15, -0.1) is 21.9 Å². The maximum atomic E-state index is 3.82. The molecule has 132 valence electrons. The Labute approximate surface area is 185 Å². The number of hydrogen-bond donors (Lipinski definition) is 1. The Morgan fingerprint density at radius 3 is 1.31 bits per heavy atom. The zero-order chi connectivity index (χ0) is 21.6. The fourth-order valence-corrected chi connectivity index (χ4v) is 4.54. The molecular formula is C18H25B10N. The summed E-state index contributed by atoms with van der Waals surface area (Å²) in [6.45, 7) is 0. The van der Waals surface area contributed by atoms with Gasteiger partial charge in [0.2, 0.25) is 0 Å². The largest absolute Gasteiger partial charge is 0.356 e. The summed E-state index contributed by atoms with van der Waals surface area (Å²) in [6.07, 6.45) is 0. The van der Waals surface area contributed by atoms with Crippen LogP contribution < -0.4 is 59.9 Å². The van der Waals surface area contributed by atoms with Crippen molar-refractivity contribution < 1.29 is 0 Å². The van der Waals surface area contributed by atoms with E-state index in [9.17, 15) is 0 Å². The highest BCUT2D eigenvalue weighted by Gasteiger charge is 2.17. The van der Waals surface area contributed by atoms with E-state index in [4.69, 9.17) is 0 Å². The molecule has 3 rings (SSSR count). The van der Waals surface area contributed by atoms with Gasteiger partial charge in [-0.05, 0) is 11.6 Å². The Bertz CT molecular complexity index is 1080. The van der Waals surface area contributed by atoms with Crippen molar-refractivity contribution >= 4 is 144 Å². The molecule has 1 nitrogen and oxygen atoms in total. The van der Waals surface area contributed by atoms with Crippen LogP contribution in [0.2, 0.25) is 0 Å². The van der Waals surface area contributed by atoms with Crippen LogP contribution in [0.3, 0.4) is 0 Å². The maximum Gasteiger partial charge on any atom is 0.141 e. The summed E-state index contributed by atoms with van der Waals surface area (Å²) in [5.41, 5.74) is 18.9. The highest BCUT2D eigenvalue weighted by molar-refractivity contribution is 6.70. The molecule has 3 aromatic rings. The van der Waals surface area contributed by atoms with Gasteiger partial charge in [-0.1, -0.05) is 51.0 Å². The number of para-hydroxylation sites is 1. The summed E-state index contributed by atoms with van der Waals surface area (Å²) < 4.78 is 0. The number of benzene rings is 3. The Hall–Kier alpha value is -1.89. The van der Waals surface area contributed by atoms with E-state index in [2.05, 4.69) is 108 Å². The van der Waals surface area contributed by atoms with E-state index in [-0.39, 0.29) is 0 Å². The first-order valence-corrected chi connectivity index (χ1v) is 10.6. The number of anilines is 2. The topological polar surface area (TPSA) is 12.0 Å². The molecule has 0 saturated heterocycles. The molecule has 0 saturated carbocycles. The lowest BCUT2D eigenvalue weighted by atomic mass is 9.59. The Balaban J connectivity index is 2.25. The standard InChI is InChI=1S/C18H25B10N/c19-8-7(9(20)11(22)12(23)10(8)21)5-3-1-2-4-6(5)29-18-16(27)14(25)13(24)15(26)17(18)28/h1-4,29H,19-28H2. The maximum absolute atomic E-state index is 3.82. The van der Waals surface area contributed by atoms with E-state index in [1.807, 2.05) is 0 Å². The van der Waals surface area contributed by atoms with E-state index < -0.39 is 0 Å². The van der Waals surface area contributed by atoms with Gasteiger partial charge in [0, 0.05) is 16.9 Å². The van der Waals surface area contributed by atoms with E-state index in [1.54, 1.807) is 0 Å². The minimum Gasteiger partial charge on any atom is -0.356 e. The van der Waals surface area contributed by atoms with Gasteiger partial charge in [0.05, 0.1) is 0 Å². The molecule has 0 bridgehead atoms. The van der Waals surface area contributed by atoms with Gasteiger partial charge >= 0.3 is 0 Å². The fraction of sp³-hybridized carbons (Fsp3) is 0. The average molecular weight is 364 g/mol. The highest BCUT2D eigenvalue weighted by atomic mass is 14.9. The highest BCUT2D eigenvalue weighted by Crippen LogP contribution is 2.26. The molecular weight excluding hydrogens is 338 g/mol. The number of nitrogens with one attached hydrogen (secondary N) is 1. The predicted molar refractivity (Wildman–Crippen MR) is 163 cm³/mol. The molecule has 0 unspecified atom stereocenters. The average Bonchev–Trinajstić information content (AvgIpc) is 2.72. The first-order chi connectivity index (χ1) is 13.6. The smallest absolute Gasteiger partial charge is 0.141 e. The summed E-state index contributed by atoms with van der Waals surface area (Å²) in [5, 5.41) is 3.82. The van der Waals surface area contributed by atoms with Crippen LogP contribution in [0.4, 0.5) is 11.4 Å². The van der Waals surface area contributed by atoms with E-state index >= 15 is 0 Å². The summed E-state index contributed by atoms with van der Waals surface area (Å²) in [6, 6.07) is 8.74. The van der Waals surface area contributed by atoms with E-state index in [0.717, 1.165) is 0 Å². The summed E-state index contributed by atoms with van der Waals surface area (Å²) in [5.74, 6) is 0. The minimum atomic E-state index is 1.18. The molecule has 0 atom stereocenters. The van der Waals surface area contributed by atoms with Gasteiger partial charge in [0.25, 0.3) is 0 Å². The third-order valence-electron chi connectivity index (χ3n) is 7.46. The molecule has 0 heterocycles. The molecule has 0 amide bonds. The number of rotatable bonds is 3.